The molecule has 0 spiro atoms. The molecule has 14 heavy (non-hydrogen) atoms. The molecule has 2 N–H and O–H groups in total. The molecule has 0 saturated carbocycles. The van der Waals surface area contributed by atoms with Crippen molar-refractivity contribution >= 4 is 17.5 Å². The highest BCUT2D eigenvalue weighted by Gasteiger charge is 2.02. The molecular formula is C10H12ClNO2. The van der Waals surface area contributed by atoms with Gasteiger partial charge in [-0.2, -0.15) is 0 Å². The first-order chi connectivity index (χ1) is 6.63. The molecule has 3 nitrogen and oxygen atoms in total. The van der Waals surface area contributed by atoms with E-state index in [9.17, 15) is 4.79 Å². The quantitative estimate of drug-likeness (QED) is 0.829. The third kappa shape index (κ3) is 2.92. The molecule has 0 fully saturated rings. The van der Waals surface area contributed by atoms with Crippen molar-refractivity contribution in [2.45, 2.75) is 13.3 Å². The monoisotopic (exact) mass is 213 g/mol. The Labute approximate surface area is 87.8 Å². The first kappa shape index (κ1) is 10.9. The molecule has 0 unspecified atom stereocenters. The third-order valence-electron chi connectivity index (χ3n) is 1.78. The van der Waals surface area contributed by atoms with E-state index in [1.54, 1.807) is 12.1 Å². The van der Waals surface area contributed by atoms with Gasteiger partial charge in [0.05, 0.1) is 0 Å². The number of halogens is 1. The number of benzene rings is 1. The topological polar surface area (TPSA) is 52.3 Å². The van der Waals surface area contributed by atoms with E-state index in [1.165, 1.54) is 0 Å². The summed E-state index contributed by atoms with van der Waals surface area (Å²) in [6, 6.07) is 5.27. The fourth-order valence-corrected chi connectivity index (χ4v) is 1.32. The molecule has 0 bridgehead atoms. The van der Waals surface area contributed by atoms with E-state index in [4.69, 9.17) is 22.1 Å². The van der Waals surface area contributed by atoms with Crippen LogP contribution in [0, 0.1) is 0 Å². The summed E-state index contributed by atoms with van der Waals surface area (Å²) in [5, 5.41) is 0.707. The molecule has 0 saturated heterocycles. The summed E-state index contributed by atoms with van der Waals surface area (Å²) in [4.78, 5) is 10.5. The van der Waals surface area contributed by atoms with Crippen molar-refractivity contribution in [3.63, 3.8) is 0 Å². The van der Waals surface area contributed by atoms with Gasteiger partial charge in [0, 0.05) is 5.02 Å². The van der Waals surface area contributed by atoms with Crippen LogP contribution in [0.2, 0.25) is 5.02 Å². The van der Waals surface area contributed by atoms with Crippen LogP contribution in [0.4, 0.5) is 0 Å². The van der Waals surface area contributed by atoms with E-state index in [0.717, 1.165) is 12.0 Å². The Morgan fingerprint density at radius 3 is 2.86 bits per heavy atom. The Kier molecular flexibility index (Phi) is 3.77. The molecule has 0 radical (unpaired) electrons. The summed E-state index contributed by atoms with van der Waals surface area (Å²) in [6.45, 7) is 1.89. The Morgan fingerprint density at radius 1 is 1.57 bits per heavy atom. The lowest BCUT2D eigenvalue weighted by Gasteiger charge is -2.06. The number of rotatable bonds is 4. The van der Waals surface area contributed by atoms with E-state index < -0.39 is 5.91 Å². The largest absolute Gasteiger partial charge is 0.484 e. The summed E-state index contributed by atoms with van der Waals surface area (Å²) in [5.41, 5.74) is 5.94. The minimum Gasteiger partial charge on any atom is -0.484 e. The second-order valence-electron chi connectivity index (χ2n) is 2.86. The second-order valence-corrected chi connectivity index (χ2v) is 3.27. The molecule has 0 aliphatic heterocycles. The molecule has 1 aromatic carbocycles. The lowest BCUT2D eigenvalue weighted by Crippen LogP contribution is -2.20. The van der Waals surface area contributed by atoms with E-state index in [-0.39, 0.29) is 6.61 Å². The molecule has 0 heterocycles. The number of ether oxygens (including phenoxy) is 1. The van der Waals surface area contributed by atoms with E-state index in [2.05, 4.69) is 0 Å². The maximum Gasteiger partial charge on any atom is 0.255 e. The summed E-state index contributed by atoms with van der Waals surface area (Å²) < 4.78 is 5.13. The van der Waals surface area contributed by atoms with Gasteiger partial charge in [0.2, 0.25) is 0 Å². The lowest BCUT2D eigenvalue weighted by atomic mass is 10.1. The highest BCUT2D eigenvalue weighted by Crippen LogP contribution is 2.22. The minimum atomic E-state index is -0.488. The van der Waals surface area contributed by atoms with Crippen LogP contribution in [0.1, 0.15) is 12.5 Å². The van der Waals surface area contributed by atoms with Gasteiger partial charge in [-0.25, -0.2) is 0 Å². The zero-order valence-corrected chi connectivity index (χ0v) is 8.67. The van der Waals surface area contributed by atoms with Crippen molar-refractivity contribution < 1.29 is 9.53 Å². The lowest BCUT2D eigenvalue weighted by molar-refractivity contribution is -0.119. The summed E-state index contributed by atoms with van der Waals surface area (Å²) in [7, 11) is 0. The van der Waals surface area contributed by atoms with Gasteiger partial charge in [-0.1, -0.05) is 18.5 Å². The molecule has 0 aromatic heterocycles. The van der Waals surface area contributed by atoms with Crippen LogP contribution in [0.3, 0.4) is 0 Å². The molecule has 4 heteroatoms. The van der Waals surface area contributed by atoms with Crippen LogP contribution in [0.15, 0.2) is 18.2 Å². The van der Waals surface area contributed by atoms with Crippen molar-refractivity contribution in [2.24, 2.45) is 5.73 Å². The maximum atomic E-state index is 10.5. The number of carbonyl (C=O) groups is 1. The zero-order valence-electron chi connectivity index (χ0n) is 7.92. The number of amides is 1. The van der Waals surface area contributed by atoms with Crippen LogP contribution in [-0.4, -0.2) is 12.5 Å². The van der Waals surface area contributed by atoms with Gasteiger partial charge in [0.15, 0.2) is 6.61 Å². The number of nitrogens with two attached hydrogens (primary N) is 1. The van der Waals surface area contributed by atoms with Gasteiger partial charge >= 0.3 is 0 Å². The average molecular weight is 214 g/mol. The predicted molar refractivity (Wildman–Crippen MR) is 55.5 cm³/mol. The fraction of sp³-hybridized carbons (Fsp3) is 0.300. The SMILES string of the molecule is CCc1cc(OCC(N)=O)ccc1Cl. The highest BCUT2D eigenvalue weighted by atomic mass is 35.5. The van der Waals surface area contributed by atoms with E-state index in [0.29, 0.717) is 10.8 Å². The Balaban J connectivity index is 2.74. The molecule has 1 rings (SSSR count). The normalized spacial score (nSPS) is 9.86. The summed E-state index contributed by atoms with van der Waals surface area (Å²) in [6.07, 6.45) is 0.826. The zero-order chi connectivity index (χ0) is 10.6. The number of hydrogen-bond acceptors (Lipinski definition) is 2. The Bertz CT molecular complexity index is 339. The van der Waals surface area contributed by atoms with Gasteiger partial charge in [-0.15, -0.1) is 0 Å². The van der Waals surface area contributed by atoms with Crippen molar-refractivity contribution in [3.8, 4) is 5.75 Å². The average Bonchev–Trinajstić information content (AvgIpc) is 2.16. The van der Waals surface area contributed by atoms with E-state index >= 15 is 0 Å². The first-order valence-corrected chi connectivity index (χ1v) is 4.70. The van der Waals surface area contributed by atoms with Crippen molar-refractivity contribution in [1.29, 1.82) is 0 Å². The van der Waals surface area contributed by atoms with Crippen LogP contribution in [0.5, 0.6) is 5.75 Å². The van der Waals surface area contributed by atoms with Gasteiger partial charge in [0.1, 0.15) is 5.75 Å². The van der Waals surface area contributed by atoms with Gasteiger partial charge < -0.3 is 10.5 Å². The van der Waals surface area contributed by atoms with Crippen molar-refractivity contribution in [3.05, 3.63) is 28.8 Å². The highest BCUT2D eigenvalue weighted by molar-refractivity contribution is 6.31. The van der Waals surface area contributed by atoms with Gasteiger partial charge in [0.25, 0.3) is 5.91 Å². The Hall–Kier alpha value is -1.22. The van der Waals surface area contributed by atoms with E-state index in [1.807, 2.05) is 13.0 Å². The molecular weight excluding hydrogens is 202 g/mol. The molecule has 1 aromatic rings. The molecule has 0 aliphatic carbocycles. The standard InChI is InChI=1S/C10H12ClNO2/c1-2-7-5-8(3-4-9(7)11)14-6-10(12)13/h3-5H,2,6H2,1H3,(H2,12,13). The number of aryl methyl sites for hydroxylation is 1. The van der Waals surface area contributed by atoms with Crippen LogP contribution < -0.4 is 10.5 Å². The molecule has 0 aliphatic rings. The van der Waals surface area contributed by atoms with Crippen molar-refractivity contribution in [1.82, 2.24) is 0 Å². The smallest absolute Gasteiger partial charge is 0.255 e. The fourth-order valence-electron chi connectivity index (χ4n) is 1.07. The summed E-state index contributed by atoms with van der Waals surface area (Å²) >= 11 is 5.91. The summed E-state index contributed by atoms with van der Waals surface area (Å²) in [5.74, 6) is 0.128. The first-order valence-electron chi connectivity index (χ1n) is 4.33. The number of carbonyl (C=O) groups excluding carboxylic acids is 1. The predicted octanol–water partition coefficient (Wildman–Crippen LogP) is 1.77. The van der Waals surface area contributed by atoms with Crippen LogP contribution in [-0.2, 0) is 11.2 Å². The minimum absolute atomic E-state index is 0.106. The third-order valence-corrected chi connectivity index (χ3v) is 2.15. The van der Waals surface area contributed by atoms with Crippen LogP contribution >= 0.6 is 11.6 Å². The van der Waals surface area contributed by atoms with Crippen LogP contribution in [0.25, 0.3) is 0 Å². The number of primary amides is 1. The molecule has 76 valence electrons. The second kappa shape index (κ2) is 4.86. The van der Waals surface area contributed by atoms with Gasteiger partial charge in [-0.3, -0.25) is 4.79 Å². The Morgan fingerprint density at radius 2 is 2.29 bits per heavy atom. The van der Waals surface area contributed by atoms with Gasteiger partial charge in [-0.05, 0) is 30.2 Å². The molecule has 1 amide bonds. The van der Waals surface area contributed by atoms with Crippen molar-refractivity contribution in [2.75, 3.05) is 6.61 Å². The number of hydrogen-bond donors (Lipinski definition) is 1. The molecule has 0 atom stereocenters. The maximum absolute atomic E-state index is 10.5.